The fourth-order valence-electron chi connectivity index (χ4n) is 3.66. The molecule has 8 heteroatoms. The summed E-state index contributed by atoms with van der Waals surface area (Å²) in [6.45, 7) is 4.68. The molecular formula is C21H24N6O2. The van der Waals surface area contributed by atoms with Gasteiger partial charge in [0.15, 0.2) is 5.82 Å². The highest BCUT2D eigenvalue weighted by molar-refractivity contribution is 5.95. The molecular weight excluding hydrogens is 368 g/mol. The second-order valence-electron chi connectivity index (χ2n) is 7.34. The summed E-state index contributed by atoms with van der Waals surface area (Å²) < 4.78 is 1.55. The maximum atomic E-state index is 12.7. The number of rotatable bonds is 5. The van der Waals surface area contributed by atoms with Crippen LogP contribution in [0.15, 0.2) is 53.5 Å². The van der Waals surface area contributed by atoms with Crippen LogP contribution in [0.3, 0.4) is 0 Å². The topological polar surface area (TPSA) is 95.9 Å². The first-order valence-electron chi connectivity index (χ1n) is 9.78. The largest absolute Gasteiger partial charge is 0.349 e. The van der Waals surface area contributed by atoms with Gasteiger partial charge in [-0.15, -0.1) is 0 Å². The van der Waals surface area contributed by atoms with E-state index in [4.69, 9.17) is 0 Å². The number of amides is 1. The van der Waals surface area contributed by atoms with Crippen LogP contribution in [0, 0.1) is 6.92 Å². The molecule has 2 aromatic heterocycles. The number of H-pyrrole nitrogens is 1. The monoisotopic (exact) mass is 392 g/mol. The van der Waals surface area contributed by atoms with Gasteiger partial charge in [0, 0.05) is 31.7 Å². The standard InChI is InChI=1S/C21H24N6O2/c1-15-18(13-22-27(15)19-7-8-20(28)25-24-19)21(29)23-17-9-11-26(12-10-17)14-16-5-3-2-4-6-16/h2-8,13,17H,9-12,14H2,1H3,(H,23,29)(H,25,28). The molecule has 2 N–H and O–H groups in total. The van der Waals surface area contributed by atoms with E-state index in [0.717, 1.165) is 32.5 Å². The second kappa shape index (κ2) is 8.40. The summed E-state index contributed by atoms with van der Waals surface area (Å²) in [5, 5.41) is 13.7. The molecule has 3 heterocycles. The predicted octanol–water partition coefficient (Wildman–Crippen LogP) is 1.66. The van der Waals surface area contributed by atoms with Crippen LogP contribution < -0.4 is 10.9 Å². The number of nitrogens with zero attached hydrogens (tertiary/aromatic N) is 4. The lowest BCUT2D eigenvalue weighted by atomic mass is 10.0. The van der Waals surface area contributed by atoms with E-state index in [-0.39, 0.29) is 17.5 Å². The minimum Gasteiger partial charge on any atom is -0.349 e. The smallest absolute Gasteiger partial charge is 0.264 e. The van der Waals surface area contributed by atoms with Gasteiger partial charge >= 0.3 is 0 Å². The summed E-state index contributed by atoms with van der Waals surface area (Å²) in [4.78, 5) is 26.4. The average Bonchev–Trinajstić information content (AvgIpc) is 3.12. The van der Waals surface area contributed by atoms with Crippen molar-refractivity contribution in [3.05, 3.63) is 75.8 Å². The summed E-state index contributed by atoms with van der Waals surface area (Å²) in [5.74, 6) is 0.343. The van der Waals surface area contributed by atoms with Crippen LogP contribution in [-0.4, -0.2) is 49.9 Å². The Morgan fingerprint density at radius 1 is 1.17 bits per heavy atom. The molecule has 0 aliphatic carbocycles. The molecule has 1 amide bonds. The van der Waals surface area contributed by atoms with Gasteiger partial charge in [0.2, 0.25) is 0 Å². The molecule has 0 spiro atoms. The molecule has 4 rings (SSSR count). The van der Waals surface area contributed by atoms with Gasteiger partial charge in [0.25, 0.3) is 11.5 Å². The molecule has 0 bridgehead atoms. The highest BCUT2D eigenvalue weighted by atomic mass is 16.1. The van der Waals surface area contributed by atoms with E-state index >= 15 is 0 Å². The quantitative estimate of drug-likeness (QED) is 0.688. The van der Waals surface area contributed by atoms with Gasteiger partial charge in [-0.05, 0) is 31.4 Å². The van der Waals surface area contributed by atoms with E-state index in [0.29, 0.717) is 17.1 Å². The van der Waals surface area contributed by atoms with Gasteiger partial charge in [0.1, 0.15) is 0 Å². The first kappa shape index (κ1) is 19.1. The Morgan fingerprint density at radius 3 is 2.62 bits per heavy atom. The zero-order valence-electron chi connectivity index (χ0n) is 16.3. The maximum Gasteiger partial charge on any atom is 0.264 e. The lowest BCUT2D eigenvalue weighted by molar-refractivity contribution is 0.0908. The minimum absolute atomic E-state index is 0.125. The summed E-state index contributed by atoms with van der Waals surface area (Å²) in [6.07, 6.45) is 3.39. The lowest BCUT2D eigenvalue weighted by Crippen LogP contribution is -2.44. The van der Waals surface area contributed by atoms with Crippen LogP contribution in [-0.2, 0) is 6.54 Å². The summed E-state index contributed by atoms with van der Waals surface area (Å²) in [7, 11) is 0. The summed E-state index contributed by atoms with van der Waals surface area (Å²) in [5.41, 5.74) is 2.23. The molecule has 150 valence electrons. The zero-order valence-corrected chi connectivity index (χ0v) is 16.3. The van der Waals surface area contributed by atoms with Crippen molar-refractivity contribution in [2.75, 3.05) is 13.1 Å². The number of aromatic amines is 1. The van der Waals surface area contributed by atoms with Crippen molar-refractivity contribution in [1.82, 2.24) is 30.2 Å². The van der Waals surface area contributed by atoms with Crippen LogP contribution in [0.4, 0.5) is 0 Å². The number of hydrogen-bond donors (Lipinski definition) is 2. The molecule has 3 aromatic rings. The van der Waals surface area contributed by atoms with Crippen molar-refractivity contribution in [2.45, 2.75) is 32.4 Å². The van der Waals surface area contributed by atoms with Gasteiger partial charge < -0.3 is 5.32 Å². The van der Waals surface area contributed by atoms with Crippen LogP contribution in [0.25, 0.3) is 5.82 Å². The van der Waals surface area contributed by atoms with Gasteiger partial charge in [0.05, 0.1) is 17.5 Å². The first-order valence-corrected chi connectivity index (χ1v) is 9.78. The molecule has 1 aliphatic heterocycles. The van der Waals surface area contributed by atoms with Crippen molar-refractivity contribution in [3.8, 4) is 5.82 Å². The molecule has 0 atom stereocenters. The van der Waals surface area contributed by atoms with E-state index in [1.165, 1.54) is 11.6 Å². The third-order valence-electron chi connectivity index (χ3n) is 5.31. The van der Waals surface area contributed by atoms with E-state index in [2.05, 4.69) is 49.8 Å². The minimum atomic E-state index is -0.282. The van der Waals surface area contributed by atoms with Crippen molar-refractivity contribution < 1.29 is 4.79 Å². The second-order valence-corrected chi connectivity index (χ2v) is 7.34. The molecule has 0 radical (unpaired) electrons. The Morgan fingerprint density at radius 2 is 1.93 bits per heavy atom. The van der Waals surface area contributed by atoms with E-state index in [9.17, 15) is 9.59 Å². The summed E-state index contributed by atoms with van der Waals surface area (Å²) >= 11 is 0. The first-order chi connectivity index (χ1) is 14.1. The number of likely N-dealkylation sites (tertiary alicyclic amines) is 1. The Kier molecular flexibility index (Phi) is 5.53. The van der Waals surface area contributed by atoms with Gasteiger partial charge in [-0.25, -0.2) is 9.78 Å². The van der Waals surface area contributed by atoms with E-state index < -0.39 is 0 Å². The summed E-state index contributed by atoms with van der Waals surface area (Å²) in [6, 6.07) is 13.6. The lowest BCUT2D eigenvalue weighted by Gasteiger charge is -2.32. The number of hydrogen-bond acceptors (Lipinski definition) is 5. The number of carbonyl (C=O) groups is 1. The molecule has 0 saturated carbocycles. The fourth-order valence-corrected chi connectivity index (χ4v) is 3.66. The molecule has 1 aromatic carbocycles. The van der Waals surface area contributed by atoms with Crippen LogP contribution in [0.5, 0.6) is 0 Å². The zero-order chi connectivity index (χ0) is 20.2. The average molecular weight is 392 g/mol. The Balaban J connectivity index is 1.34. The SMILES string of the molecule is Cc1c(C(=O)NC2CCN(Cc3ccccc3)CC2)cnn1-c1ccc(=O)[nH]n1. The predicted molar refractivity (Wildman–Crippen MR) is 109 cm³/mol. The molecule has 1 saturated heterocycles. The number of piperidine rings is 1. The van der Waals surface area contributed by atoms with Crippen LogP contribution >= 0.6 is 0 Å². The molecule has 8 nitrogen and oxygen atoms in total. The number of aromatic nitrogens is 4. The van der Waals surface area contributed by atoms with Crippen LogP contribution in [0.2, 0.25) is 0 Å². The number of benzene rings is 1. The molecule has 0 unspecified atom stereocenters. The third-order valence-corrected chi connectivity index (χ3v) is 5.31. The van der Waals surface area contributed by atoms with Crippen molar-refractivity contribution in [2.24, 2.45) is 0 Å². The van der Waals surface area contributed by atoms with Crippen LogP contribution in [0.1, 0.15) is 34.5 Å². The Bertz CT molecular complexity index is 1010. The number of carbonyl (C=O) groups excluding carboxylic acids is 1. The molecule has 1 fully saturated rings. The van der Waals surface area contributed by atoms with Gasteiger partial charge in [-0.1, -0.05) is 30.3 Å². The number of nitrogens with one attached hydrogen (secondary N) is 2. The van der Waals surface area contributed by atoms with Gasteiger partial charge in [-0.2, -0.15) is 10.2 Å². The molecule has 1 aliphatic rings. The highest BCUT2D eigenvalue weighted by Gasteiger charge is 2.23. The van der Waals surface area contributed by atoms with Crippen molar-refractivity contribution >= 4 is 5.91 Å². The van der Waals surface area contributed by atoms with Crippen molar-refractivity contribution in [1.29, 1.82) is 0 Å². The Labute approximate surface area is 168 Å². The normalized spacial score (nSPS) is 15.3. The highest BCUT2D eigenvalue weighted by Crippen LogP contribution is 2.16. The van der Waals surface area contributed by atoms with Crippen molar-refractivity contribution in [3.63, 3.8) is 0 Å². The maximum absolute atomic E-state index is 12.7. The van der Waals surface area contributed by atoms with Gasteiger partial charge in [-0.3, -0.25) is 14.5 Å². The fraction of sp³-hybridized carbons (Fsp3) is 0.333. The van der Waals surface area contributed by atoms with E-state index in [1.807, 2.05) is 13.0 Å². The molecule has 29 heavy (non-hydrogen) atoms. The Hall–Kier alpha value is -3.26. The van der Waals surface area contributed by atoms with E-state index in [1.54, 1.807) is 16.9 Å². The third kappa shape index (κ3) is 4.43.